The molecule has 2 aromatic rings. The summed E-state index contributed by atoms with van der Waals surface area (Å²) in [4.78, 5) is 46.1. The number of aryl methyl sites for hydroxylation is 1. The summed E-state index contributed by atoms with van der Waals surface area (Å²) >= 11 is 2.99. The van der Waals surface area contributed by atoms with Gasteiger partial charge in [0.05, 0.1) is 17.0 Å². The number of nitrogens with zero attached hydrogens (tertiary/aromatic N) is 3. The SMILES string of the molecule is CCN1C(=O)CN(C)C(=O)c2c1sc1c2CCN(C(=O)c2ccc(C)s2)C1. The van der Waals surface area contributed by atoms with E-state index in [0.29, 0.717) is 31.6 Å². The first-order chi connectivity index (χ1) is 12.9. The van der Waals surface area contributed by atoms with E-state index in [0.717, 1.165) is 25.2 Å². The van der Waals surface area contributed by atoms with E-state index in [1.807, 2.05) is 30.9 Å². The molecule has 0 bridgehead atoms. The zero-order valence-corrected chi connectivity index (χ0v) is 17.2. The number of thiophene rings is 2. The minimum absolute atomic E-state index is 0.0363. The van der Waals surface area contributed by atoms with Crippen LogP contribution in [0, 0.1) is 6.92 Å². The second kappa shape index (κ2) is 6.76. The van der Waals surface area contributed by atoms with Gasteiger partial charge in [0.15, 0.2) is 0 Å². The maximum Gasteiger partial charge on any atom is 0.264 e. The number of amides is 3. The van der Waals surface area contributed by atoms with Crippen LogP contribution >= 0.6 is 22.7 Å². The number of hydrogen-bond donors (Lipinski definition) is 0. The van der Waals surface area contributed by atoms with Crippen LogP contribution in [0.3, 0.4) is 0 Å². The fraction of sp³-hybridized carbons (Fsp3) is 0.421. The first-order valence-electron chi connectivity index (χ1n) is 8.96. The van der Waals surface area contributed by atoms with Gasteiger partial charge in [-0.2, -0.15) is 0 Å². The molecule has 2 aliphatic heterocycles. The van der Waals surface area contributed by atoms with Gasteiger partial charge in [-0.15, -0.1) is 22.7 Å². The first kappa shape index (κ1) is 18.2. The molecule has 4 heterocycles. The highest BCUT2D eigenvalue weighted by atomic mass is 32.1. The van der Waals surface area contributed by atoms with Gasteiger partial charge < -0.3 is 14.7 Å². The first-order valence-corrected chi connectivity index (χ1v) is 10.6. The Morgan fingerprint density at radius 2 is 1.96 bits per heavy atom. The molecule has 3 amide bonds. The van der Waals surface area contributed by atoms with E-state index >= 15 is 0 Å². The van der Waals surface area contributed by atoms with Crippen LogP contribution in [0.15, 0.2) is 12.1 Å². The van der Waals surface area contributed by atoms with Crippen LogP contribution in [0.1, 0.15) is 42.3 Å². The molecule has 8 heteroatoms. The smallest absolute Gasteiger partial charge is 0.264 e. The monoisotopic (exact) mass is 403 g/mol. The van der Waals surface area contributed by atoms with Gasteiger partial charge in [-0.05, 0) is 38.0 Å². The van der Waals surface area contributed by atoms with E-state index < -0.39 is 0 Å². The van der Waals surface area contributed by atoms with Crippen LogP contribution in [0.25, 0.3) is 0 Å². The molecule has 0 aromatic carbocycles. The van der Waals surface area contributed by atoms with Crippen molar-refractivity contribution < 1.29 is 14.4 Å². The Morgan fingerprint density at radius 3 is 2.63 bits per heavy atom. The number of fused-ring (bicyclic) bond motifs is 3. The van der Waals surface area contributed by atoms with Crippen LogP contribution in [-0.2, 0) is 17.8 Å². The van der Waals surface area contributed by atoms with Crippen molar-refractivity contribution >= 4 is 45.4 Å². The number of hydrogen-bond acceptors (Lipinski definition) is 5. The minimum atomic E-state index is -0.0968. The zero-order valence-electron chi connectivity index (χ0n) is 15.6. The highest BCUT2D eigenvalue weighted by Gasteiger charge is 2.37. The van der Waals surface area contributed by atoms with Crippen molar-refractivity contribution in [2.24, 2.45) is 0 Å². The zero-order chi connectivity index (χ0) is 19.3. The molecule has 0 N–H and O–H groups in total. The Hall–Kier alpha value is -2.19. The topological polar surface area (TPSA) is 60.9 Å². The summed E-state index contributed by atoms with van der Waals surface area (Å²) in [6.45, 7) is 5.62. The normalized spacial score (nSPS) is 17.1. The summed E-state index contributed by atoms with van der Waals surface area (Å²) in [6.07, 6.45) is 0.641. The van der Waals surface area contributed by atoms with Gasteiger partial charge >= 0.3 is 0 Å². The lowest BCUT2D eigenvalue weighted by Gasteiger charge is -2.27. The lowest BCUT2D eigenvalue weighted by atomic mass is 10.0. The van der Waals surface area contributed by atoms with Crippen molar-refractivity contribution in [3.63, 3.8) is 0 Å². The molecule has 0 atom stereocenters. The molecule has 0 spiro atoms. The molecule has 0 fully saturated rings. The second-order valence-corrected chi connectivity index (χ2v) is 9.24. The summed E-state index contributed by atoms with van der Waals surface area (Å²) in [6, 6.07) is 3.83. The maximum absolute atomic E-state index is 12.9. The van der Waals surface area contributed by atoms with Gasteiger partial charge in [-0.3, -0.25) is 14.4 Å². The van der Waals surface area contributed by atoms with Crippen LogP contribution in [0.4, 0.5) is 5.00 Å². The van der Waals surface area contributed by atoms with Crippen molar-refractivity contribution in [3.05, 3.63) is 37.9 Å². The largest absolute Gasteiger partial charge is 0.332 e. The lowest BCUT2D eigenvalue weighted by Crippen LogP contribution is -2.38. The quantitative estimate of drug-likeness (QED) is 0.775. The summed E-state index contributed by atoms with van der Waals surface area (Å²) in [5.41, 5.74) is 1.66. The number of rotatable bonds is 2. The van der Waals surface area contributed by atoms with Crippen LogP contribution in [0.5, 0.6) is 0 Å². The van der Waals surface area contributed by atoms with Crippen molar-refractivity contribution in [3.8, 4) is 0 Å². The standard InChI is InChI=1S/C19H21N3O3S2/c1-4-22-15(23)10-20(3)18(25)16-12-7-8-21(9-14(12)27-19(16)22)17(24)13-6-5-11(2)26-13/h5-6H,4,7-10H2,1-3H3. The van der Waals surface area contributed by atoms with Crippen LogP contribution in [-0.4, -0.2) is 54.2 Å². The average molecular weight is 404 g/mol. The molecule has 142 valence electrons. The van der Waals surface area contributed by atoms with E-state index in [4.69, 9.17) is 0 Å². The van der Waals surface area contributed by atoms with Crippen molar-refractivity contribution in [1.82, 2.24) is 9.80 Å². The molecular weight excluding hydrogens is 382 g/mol. The Kier molecular flexibility index (Phi) is 4.55. The van der Waals surface area contributed by atoms with E-state index in [1.54, 1.807) is 11.9 Å². The Morgan fingerprint density at radius 1 is 1.19 bits per heavy atom. The molecule has 0 radical (unpaired) electrons. The van der Waals surface area contributed by atoms with Gasteiger partial charge in [0.1, 0.15) is 11.5 Å². The highest BCUT2D eigenvalue weighted by Crippen LogP contribution is 2.41. The molecule has 0 unspecified atom stereocenters. The lowest BCUT2D eigenvalue weighted by molar-refractivity contribution is -0.118. The molecule has 0 saturated heterocycles. The van der Waals surface area contributed by atoms with Gasteiger partial charge in [-0.1, -0.05) is 0 Å². The third-order valence-electron chi connectivity index (χ3n) is 5.07. The molecule has 6 nitrogen and oxygen atoms in total. The molecular formula is C19H21N3O3S2. The summed E-state index contributed by atoms with van der Waals surface area (Å²) in [5, 5.41) is 0.739. The molecule has 4 rings (SSSR count). The fourth-order valence-electron chi connectivity index (χ4n) is 3.66. The van der Waals surface area contributed by atoms with Crippen LogP contribution in [0.2, 0.25) is 0 Å². The minimum Gasteiger partial charge on any atom is -0.332 e. The third-order valence-corrected chi connectivity index (χ3v) is 7.30. The van der Waals surface area contributed by atoms with E-state index in [1.165, 1.54) is 27.6 Å². The van der Waals surface area contributed by atoms with Gasteiger partial charge in [0.25, 0.3) is 11.8 Å². The summed E-state index contributed by atoms with van der Waals surface area (Å²) in [5.74, 6) is -0.123. The van der Waals surface area contributed by atoms with Gasteiger partial charge in [0, 0.05) is 29.9 Å². The van der Waals surface area contributed by atoms with Crippen LogP contribution < -0.4 is 4.90 Å². The van der Waals surface area contributed by atoms with Crippen molar-refractivity contribution in [1.29, 1.82) is 0 Å². The maximum atomic E-state index is 12.9. The van der Waals surface area contributed by atoms with E-state index in [2.05, 4.69) is 0 Å². The third kappa shape index (κ3) is 2.96. The Labute approximate surface area is 166 Å². The number of carbonyl (C=O) groups is 3. The molecule has 0 aliphatic carbocycles. The van der Waals surface area contributed by atoms with Crippen molar-refractivity contribution in [2.45, 2.75) is 26.8 Å². The van der Waals surface area contributed by atoms with Crippen molar-refractivity contribution in [2.75, 3.05) is 31.6 Å². The fourth-order valence-corrected chi connectivity index (χ4v) is 5.93. The molecule has 0 saturated carbocycles. The van der Waals surface area contributed by atoms with E-state index in [9.17, 15) is 14.4 Å². The summed E-state index contributed by atoms with van der Waals surface area (Å²) < 4.78 is 0. The van der Waals surface area contributed by atoms with E-state index in [-0.39, 0.29) is 24.3 Å². The molecule has 2 aliphatic rings. The predicted molar refractivity (Wildman–Crippen MR) is 107 cm³/mol. The Balaban J connectivity index is 1.70. The number of carbonyl (C=O) groups excluding carboxylic acids is 3. The molecule has 27 heavy (non-hydrogen) atoms. The number of likely N-dealkylation sites (N-methyl/N-ethyl adjacent to an activating group) is 2. The predicted octanol–water partition coefficient (Wildman–Crippen LogP) is 2.76. The Bertz CT molecular complexity index is 946. The highest BCUT2D eigenvalue weighted by molar-refractivity contribution is 7.17. The molecule has 2 aromatic heterocycles. The average Bonchev–Trinajstić information content (AvgIpc) is 3.21. The second-order valence-electron chi connectivity index (χ2n) is 6.87. The number of anilines is 1. The summed E-state index contributed by atoms with van der Waals surface area (Å²) in [7, 11) is 1.67. The van der Waals surface area contributed by atoms with Gasteiger partial charge in [0.2, 0.25) is 5.91 Å². The van der Waals surface area contributed by atoms with Gasteiger partial charge in [-0.25, -0.2) is 0 Å².